The Morgan fingerprint density at radius 1 is 0.794 bits per heavy atom. The van der Waals surface area contributed by atoms with Crippen molar-refractivity contribution in [2.45, 2.75) is 25.4 Å². The van der Waals surface area contributed by atoms with Gasteiger partial charge in [0.25, 0.3) is 0 Å². The highest BCUT2D eigenvalue weighted by Crippen LogP contribution is 2.55. The molecule has 0 fully saturated rings. The first-order valence-corrected chi connectivity index (χ1v) is 10.7. The summed E-state index contributed by atoms with van der Waals surface area (Å²) in [6.45, 7) is 1.86. The van der Waals surface area contributed by atoms with Gasteiger partial charge in [0.1, 0.15) is 5.82 Å². The predicted molar refractivity (Wildman–Crippen MR) is 114 cm³/mol. The van der Waals surface area contributed by atoms with E-state index in [9.17, 15) is 8.78 Å². The van der Waals surface area contributed by atoms with E-state index in [1.807, 2.05) is 0 Å². The third-order valence-electron chi connectivity index (χ3n) is 6.13. The highest BCUT2D eigenvalue weighted by molar-refractivity contribution is 5.84. The molecule has 0 N–H and O–H groups in total. The summed E-state index contributed by atoms with van der Waals surface area (Å²) in [6, 6.07) is 7.07. The van der Waals surface area contributed by atoms with Gasteiger partial charge in [0.15, 0.2) is 23.2 Å². The van der Waals surface area contributed by atoms with E-state index < -0.39 is 57.5 Å². The lowest BCUT2D eigenvalue weighted by molar-refractivity contribution is 0.0399. The van der Waals surface area contributed by atoms with Gasteiger partial charge in [-0.3, -0.25) is 0 Å². The molecule has 1 unspecified atom stereocenters. The minimum atomic E-state index is -4.04. The second kappa shape index (κ2) is 8.20. The van der Waals surface area contributed by atoms with Crippen LogP contribution >= 0.6 is 0 Å². The van der Waals surface area contributed by atoms with E-state index in [1.165, 1.54) is 18.2 Å². The Bertz CT molecular complexity index is 1330. The fraction of sp³-hybridized carbons (Fsp3) is 0.231. The van der Waals surface area contributed by atoms with E-state index in [1.54, 1.807) is 19.1 Å². The average Bonchev–Trinajstić information content (AvgIpc) is 3.06. The van der Waals surface area contributed by atoms with Crippen LogP contribution in [0, 0.1) is 23.3 Å². The SMILES string of the molecule is CCOc1ccc2c(c1F)C(F)(F)c1c-2ccc(-c2ccc(C3CC=CCO3)c(F)c2F)c1F. The molecule has 1 aliphatic carbocycles. The number of benzene rings is 3. The molecule has 8 heteroatoms. The van der Waals surface area contributed by atoms with Crippen LogP contribution in [-0.4, -0.2) is 13.2 Å². The van der Waals surface area contributed by atoms with Crippen molar-refractivity contribution in [2.75, 3.05) is 13.2 Å². The monoisotopic (exact) mass is 476 g/mol. The Morgan fingerprint density at radius 3 is 2.09 bits per heavy atom. The molecule has 0 saturated heterocycles. The van der Waals surface area contributed by atoms with E-state index in [0.29, 0.717) is 6.42 Å². The number of rotatable bonds is 4. The van der Waals surface area contributed by atoms with Gasteiger partial charge in [-0.1, -0.05) is 36.4 Å². The Balaban J connectivity index is 1.63. The van der Waals surface area contributed by atoms with Gasteiger partial charge < -0.3 is 9.47 Å². The second-order valence-electron chi connectivity index (χ2n) is 8.02. The Labute approximate surface area is 191 Å². The highest BCUT2D eigenvalue weighted by Gasteiger charge is 2.50. The molecule has 3 aromatic carbocycles. The largest absolute Gasteiger partial charge is 0.491 e. The quantitative estimate of drug-likeness (QED) is 0.288. The van der Waals surface area contributed by atoms with Gasteiger partial charge in [0.2, 0.25) is 0 Å². The molecule has 176 valence electrons. The van der Waals surface area contributed by atoms with Crippen LogP contribution in [0.25, 0.3) is 22.3 Å². The summed E-state index contributed by atoms with van der Waals surface area (Å²) in [5, 5.41) is 0. The van der Waals surface area contributed by atoms with Crippen LogP contribution in [0.2, 0.25) is 0 Å². The van der Waals surface area contributed by atoms with Crippen molar-refractivity contribution < 1.29 is 35.8 Å². The summed E-state index contributed by atoms with van der Waals surface area (Å²) < 4.78 is 101. The maximum absolute atomic E-state index is 15.5. The molecule has 3 aromatic rings. The highest BCUT2D eigenvalue weighted by atomic mass is 19.3. The van der Waals surface area contributed by atoms with Gasteiger partial charge in [-0.25, -0.2) is 17.6 Å². The molecule has 2 aliphatic rings. The number of alkyl halides is 2. The first-order valence-electron chi connectivity index (χ1n) is 10.7. The normalized spacial score (nSPS) is 18.0. The minimum absolute atomic E-state index is 0.0459. The fourth-order valence-corrected chi connectivity index (χ4v) is 4.56. The Kier molecular flexibility index (Phi) is 5.43. The fourth-order valence-electron chi connectivity index (χ4n) is 4.56. The molecule has 0 radical (unpaired) electrons. The lowest BCUT2D eigenvalue weighted by atomic mass is 9.94. The van der Waals surface area contributed by atoms with Gasteiger partial charge in [0, 0.05) is 16.7 Å². The van der Waals surface area contributed by atoms with Gasteiger partial charge in [0.05, 0.1) is 30.4 Å². The number of hydrogen-bond acceptors (Lipinski definition) is 2. The van der Waals surface area contributed by atoms with Crippen LogP contribution in [-0.2, 0) is 10.7 Å². The van der Waals surface area contributed by atoms with Crippen LogP contribution in [0.1, 0.15) is 36.1 Å². The smallest absolute Gasteiger partial charge is 0.305 e. The Morgan fingerprint density at radius 2 is 1.41 bits per heavy atom. The molecule has 34 heavy (non-hydrogen) atoms. The van der Waals surface area contributed by atoms with Crippen molar-refractivity contribution in [3.63, 3.8) is 0 Å². The number of ether oxygens (including phenoxy) is 2. The lowest BCUT2D eigenvalue weighted by Gasteiger charge is -2.21. The molecule has 5 rings (SSSR count). The van der Waals surface area contributed by atoms with E-state index in [2.05, 4.69) is 0 Å². The zero-order valence-electron chi connectivity index (χ0n) is 17.9. The van der Waals surface area contributed by atoms with E-state index in [4.69, 9.17) is 9.47 Å². The summed E-state index contributed by atoms with van der Waals surface area (Å²) in [6.07, 6.45) is 3.15. The lowest BCUT2D eigenvalue weighted by Crippen LogP contribution is -2.16. The topological polar surface area (TPSA) is 18.5 Å². The summed E-state index contributed by atoms with van der Waals surface area (Å²) in [4.78, 5) is 0. The number of halogens is 6. The van der Waals surface area contributed by atoms with E-state index in [-0.39, 0.29) is 35.7 Å². The van der Waals surface area contributed by atoms with Crippen molar-refractivity contribution in [2.24, 2.45) is 0 Å². The molecule has 0 bridgehead atoms. The van der Waals surface area contributed by atoms with Crippen LogP contribution < -0.4 is 4.74 Å². The molecule has 1 aliphatic heterocycles. The molecular weight excluding hydrogens is 458 g/mol. The van der Waals surface area contributed by atoms with E-state index in [0.717, 1.165) is 18.2 Å². The van der Waals surface area contributed by atoms with Crippen LogP contribution in [0.15, 0.2) is 48.6 Å². The standard InChI is InChI=1S/C26H18F6O2/c1-2-33-19-11-10-14-13-6-7-15(22(27)20(13)26(31,32)21(14)25(19)30)16-8-9-17(24(29)23(16)28)18-5-3-4-12-34-18/h3-4,6-11,18H,2,5,12H2,1H3. The van der Waals surface area contributed by atoms with Crippen molar-refractivity contribution in [3.8, 4) is 28.0 Å². The van der Waals surface area contributed by atoms with E-state index >= 15 is 17.6 Å². The van der Waals surface area contributed by atoms with Crippen molar-refractivity contribution in [1.82, 2.24) is 0 Å². The maximum Gasteiger partial charge on any atom is 0.305 e. The van der Waals surface area contributed by atoms with Crippen molar-refractivity contribution >= 4 is 0 Å². The maximum atomic E-state index is 15.5. The molecule has 1 atom stereocenters. The van der Waals surface area contributed by atoms with Gasteiger partial charge >= 0.3 is 5.92 Å². The molecule has 0 saturated carbocycles. The van der Waals surface area contributed by atoms with Crippen molar-refractivity contribution in [1.29, 1.82) is 0 Å². The first kappa shape index (κ1) is 22.5. The third-order valence-corrected chi connectivity index (χ3v) is 6.13. The van der Waals surface area contributed by atoms with Crippen molar-refractivity contribution in [3.05, 3.63) is 88.5 Å². The van der Waals surface area contributed by atoms with Gasteiger partial charge in [-0.15, -0.1) is 0 Å². The van der Waals surface area contributed by atoms with Gasteiger partial charge in [-0.2, -0.15) is 8.78 Å². The van der Waals surface area contributed by atoms with Crippen LogP contribution in [0.5, 0.6) is 5.75 Å². The molecule has 0 amide bonds. The number of hydrogen-bond donors (Lipinski definition) is 0. The zero-order valence-corrected chi connectivity index (χ0v) is 17.9. The average molecular weight is 476 g/mol. The van der Waals surface area contributed by atoms with Crippen LogP contribution in [0.4, 0.5) is 26.3 Å². The number of fused-ring (bicyclic) bond motifs is 3. The molecule has 0 aromatic heterocycles. The molecule has 1 heterocycles. The second-order valence-corrected chi connectivity index (χ2v) is 8.02. The summed E-state index contributed by atoms with van der Waals surface area (Å²) in [7, 11) is 0. The Hall–Kier alpha value is -3.26. The zero-order chi connectivity index (χ0) is 24.2. The third kappa shape index (κ3) is 3.23. The minimum Gasteiger partial charge on any atom is -0.491 e. The summed E-state index contributed by atoms with van der Waals surface area (Å²) in [5.41, 5.74) is -3.61. The molecular formula is C26H18F6O2. The molecule has 2 nitrogen and oxygen atoms in total. The molecule has 0 spiro atoms. The first-order chi connectivity index (χ1) is 16.3. The van der Waals surface area contributed by atoms with Gasteiger partial charge in [-0.05, 0) is 36.6 Å². The van der Waals surface area contributed by atoms with Crippen LogP contribution in [0.3, 0.4) is 0 Å². The predicted octanol–water partition coefficient (Wildman–Crippen LogP) is 7.45. The summed E-state index contributed by atoms with van der Waals surface area (Å²) >= 11 is 0. The summed E-state index contributed by atoms with van der Waals surface area (Å²) in [5.74, 6) is -9.76.